The number of carbonyl (C=O) groups is 1. The Labute approximate surface area is 112 Å². The molecule has 0 saturated heterocycles. The molecule has 3 aromatic rings. The number of fused-ring (bicyclic) bond motifs is 1. The number of aryl methyl sites for hydroxylation is 1. The third kappa shape index (κ3) is 2.17. The van der Waals surface area contributed by atoms with Crippen LogP contribution in [0.15, 0.2) is 48.5 Å². The van der Waals surface area contributed by atoms with Crippen molar-refractivity contribution in [2.75, 3.05) is 0 Å². The lowest BCUT2D eigenvalue weighted by molar-refractivity contribution is 0.112. The number of hydrogen-bond donors (Lipinski definition) is 1. The molecule has 0 radical (unpaired) electrons. The van der Waals surface area contributed by atoms with E-state index in [1.54, 1.807) is 0 Å². The van der Waals surface area contributed by atoms with Gasteiger partial charge in [0.15, 0.2) is 6.29 Å². The van der Waals surface area contributed by atoms with E-state index in [2.05, 4.69) is 36.2 Å². The number of para-hydroxylation sites is 1. The van der Waals surface area contributed by atoms with Crippen molar-refractivity contribution in [1.82, 2.24) is 4.98 Å². The molecule has 1 aromatic heterocycles. The Balaban J connectivity index is 2.05. The smallest absolute Gasteiger partial charge is 0.152 e. The number of rotatable bonds is 3. The second-order valence-electron chi connectivity index (χ2n) is 4.84. The Morgan fingerprint density at radius 1 is 1.05 bits per heavy atom. The molecule has 0 saturated carbocycles. The number of benzene rings is 2. The lowest BCUT2D eigenvalue weighted by Gasteiger charge is -2.01. The monoisotopic (exact) mass is 249 g/mol. The summed E-state index contributed by atoms with van der Waals surface area (Å²) in [7, 11) is 0. The summed E-state index contributed by atoms with van der Waals surface area (Å²) in [5.74, 6) is 0. The maximum atomic E-state index is 11.3. The van der Waals surface area contributed by atoms with Crippen molar-refractivity contribution in [1.29, 1.82) is 0 Å². The molecule has 0 bridgehead atoms. The number of aromatic amines is 1. The zero-order valence-corrected chi connectivity index (χ0v) is 10.8. The standard InChI is InChI=1S/C17H15NO/c1-12-6-8-13(9-7-12)10-17-15(11-19)14-4-2-3-5-16(14)18-17/h2-9,11,18H,10H2,1H3. The highest BCUT2D eigenvalue weighted by atomic mass is 16.1. The van der Waals surface area contributed by atoms with Crippen molar-refractivity contribution in [2.45, 2.75) is 13.3 Å². The predicted molar refractivity (Wildman–Crippen MR) is 77.7 cm³/mol. The maximum absolute atomic E-state index is 11.3. The van der Waals surface area contributed by atoms with Gasteiger partial charge in [-0.25, -0.2) is 0 Å². The molecule has 0 amide bonds. The number of hydrogen-bond acceptors (Lipinski definition) is 1. The minimum absolute atomic E-state index is 0.753. The second kappa shape index (κ2) is 4.73. The van der Waals surface area contributed by atoms with Gasteiger partial charge in [0, 0.05) is 28.6 Å². The van der Waals surface area contributed by atoms with Crippen molar-refractivity contribution in [3.63, 3.8) is 0 Å². The van der Waals surface area contributed by atoms with Crippen LogP contribution in [0.3, 0.4) is 0 Å². The summed E-state index contributed by atoms with van der Waals surface area (Å²) in [5, 5.41) is 1.000. The molecule has 3 rings (SSSR count). The van der Waals surface area contributed by atoms with Crippen molar-refractivity contribution in [2.24, 2.45) is 0 Å². The van der Waals surface area contributed by atoms with E-state index in [1.807, 2.05) is 24.3 Å². The average Bonchev–Trinajstić information content (AvgIpc) is 2.78. The van der Waals surface area contributed by atoms with Gasteiger partial charge in [-0.1, -0.05) is 48.0 Å². The summed E-state index contributed by atoms with van der Waals surface area (Å²) in [5.41, 5.74) is 5.24. The number of aromatic nitrogens is 1. The number of aldehydes is 1. The summed E-state index contributed by atoms with van der Waals surface area (Å²) in [4.78, 5) is 14.7. The van der Waals surface area contributed by atoms with Gasteiger partial charge in [-0.05, 0) is 18.6 Å². The molecule has 0 spiro atoms. The molecule has 1 heterocycles. The second-order valence-corrected chi connectivity index (χ2v) is 4.84. The average molecular weight is 249 g/mol. The molecule has 0 unspecified atom stereocenters. The zero-order valence-electron chi connectivity index (χ0n) is 10.8. The first kappa shape index (κ1) is 11.7. The van der Waals surface area contributed by atoms with Crippen LogP contribution >= 0.6 is 0 Å². The highest BCUT2D eigenvalue weighted by molar-refractivity contribution is 5.98. The zero-order chi connectivity index (χ0) is 13.2. The fraction of sp³-hybridized carbons (Fsp3) is 0.118. The predicted octanol–water partition coefficient (Wildman–Crippen LogP) is 3.88. The lowest BCUT2D eigenvalue weighted by atomic mass is 10.0. The Morgan fingerprint density at radius 3 is 2.53 bits per heavy atom. The Kier molecular flexibility index (Phi) is 2.92. The van der Waals surface area contributed by atoms with Crippen molar-refractivity contribution in [3.8, 4) is 0 Å². The molecule has 1 N–H and O–H groups in total. The minimum Gasteiger partial charge on any atom is -0.358 e. The van der Waals surface area contributed by atoms with Gasteiger partial charge in [-0.2, -0.15) is 0 Å². The third-order valence-electron chi connectivity index (χ3n) is 3.45. The summed E-state index contributed by atoms with van der Waals surface area (Å²) in [6.07, 6.45) is 1.70. The van der Waals surface area contributed by atoms with Crippen molar-refractivity contribution in [3.05, 3.63) is 70.9 Å². The van der Waals surface area contributed by atoms with E-state index in [-0.39, 0.29) is 0 Å². The molecule has 2 nitrogen and oxygen atoms in total. The number of H-pyrrole nitrogens is 1. The van der Waals surface area contributed by atoms with Crippen LogP contribution < -0.4 is 0 Å². The van der Waals surface area contributed by atoms with Crippen LogP contribution in [0.4, 0.5) is 0 Å². The lowest BCUT2D eigenvalue weighted by Crippen LogP contribution is -1.93. The van der Waals surface area contributed by atoms with Gasteiger partial charge in [0.2, 0.25) is 0 Å². The molecule has 2 heteroatoms. The first-order chi connectivity index (χ1) is 9.28. The number of carbonyl (C=O) groups excluding carboxylic acids is 1. The van der Waals surface area contributed by atoms with Gasteiger partial charge in [0.25, 0.3) is 0 Å². The van der Waals surface area contributed by atoms with Gasteiger partial charge in [-0.15, -0.1) is 0 Å². The summed E-state index contributed by atoms with van der Waals surface area (Å²) >= 11 is 0. The first-order valence-electron chi connectivity index (χ1n) is 6.38. The molecular weight excluding hydrogens is 234 g/mol. The molecular formula is C17H15NO. The van der Waals surface area contributed by atoms with E-state index in [0.29, 0.717) is 0 Å². The van der Waals surface area contributed by atoms with E-state index in [0.717, 1.165) is 34.9 Å². The van der Waals surface area contributed by atoms with E-state index < -0.39 is 0 Å². The van der Waals surface area contributed by atoms with Gasteiger partial charge < -0.3 is 4.98 Å². The van der Waals surface area contributed by atoms with Crippen LogP contribution in [-0.2, 0) is 6.42 Å². The summed E-state index contributed by atoms with van der Waals surface area (Å²) in [6, 6.07) is 16.3. The first-order valence-corrected chi connectivity index (χ1v) is 6.38. The van der Waals surface area contributed by atoms with Crippen LogP contribution in [-0.4, -0.2) is 11.3 Å². The SMILES string of the molecule is Cc1ccc(Cc2[nH]c3ccccc3c2C=O)cc1. The normalized spacial score (nSPS) is 10.8. The van der Waals surface area contributed by atoms with E-state index in [9.17, 15) is 4.79 Å². The maximum Gasteiger partial charge on any atom is 0.152 e. The Bertz CT molecular complexity index is 723. The minimum atomic E-state index is 0.753. The molecule has 0 aliphatic carbocycles. The molecule has 0 atom stereocenters. The van der Waals surface area contributed by atoms with E-state index in [1.165, 1.54) is 11.1 Å². The summed E-state index contributed by atoms with van der Waals surface area (Å²) < 4.78 is 0. The van der Waals surface area contributed by atoms with Crippen molar-refractivity contribution >= 4 is 17.2 Å². The van der Waals surface area contributed by atoms with Gasteiger partial charge in [-0.3, -0.25) is 4.79 Å². The molecule has 0 aliphatic heterocycles. The molecule has 0 aliphatic rings. The van der Waals surface area contributed by atoms with Crippen LogP contribution in [0.5, 0.6) is 0 Å². The van der Waals surface area contributed by atoms with Gasteiger partial charge in [0.1, 0.15) is 0 Å². The Morgan fingerprint density at radius 2 is 1.79 bits per heavy atom. The topological polar surface area (TPSA) is 32.9 Å². The van der Waals surface area contributed by atoms with Gasteiger partial charge >= 0.3 is 0 Å². The fourth-order valence-corrected chi connectivity index (χ4v) is 2.40. The highest BCUT2D eigenvalue weighted by Gasteiger charge is 2.10. The third-order valence-corrected chi connectivity index (χ3v) is 3.45. The summed E-state index contributed by atoms with van der Waals surface area (Å²) in [6.45, 7) is 2.07. The van der Waals surface area contributed by atoms with Crippen LogP contribution in [0.1, 0.15) is 27.2 Å². The quantitative estimate of drug-likeness (QED) is 0.702. The molecule has 19 heavy (non-hydrogen) atoms. The molecule has 94 valence electrons. The van der Waals surface area contributed by atoms with Crippen LogP contribution in [0, 0.1) is 6.92 Å². The molecule has 0 fully saturated rings. The largest absolute Gasteiger partial charge is 0.358 e. The highest BCUT2D eigenvalue weighted by Crippen LogP contribution is 2.22. The van der Waals surface area contributed by atoms with Gasteiger partial charge in [0.05, 0.1) is 0 Å². The fourth-order valence-electron chi connectivity index (χ4n) is 2.40. The van der Waals surface area contributed by atoms with E-state index in [4.69, 9.17) is 0 Å². The van der Waals surface area contributed by atoms with Crippen molar-refractivity contribution < 1.29 is 4.79 Å². The van der Waals surface area contributed by atoms with E-state index >= 15 is 0 Å². The van der Waals surface area contributed by atoms with Crippen LogP contribution in [0.2, 0.25) is 0 Å². The molecule has 2 aromatic carbocycles. The number of nitrogens with one attached hydrogen (secondary N) is 1. The van der Waals surface area contributed by atoms with Crippen LogP contribution in [0.25, 0.3) is 10.9 Å². The Hall–Kier alpha value is -2.35.